The third kappa shape index (κ3) is 0.880. The van der Waals surface area contributed by atoms with Crippen LogP contribution in [0.5, 0.6) is 0 Å². The largest absolute Gasteiger partial charge is 0.303 e. The molecular weight excluding hydrogens is 94.1 g/mol. The zero-order valence-corrected chi connectivity index (χ0v) is 3.77. The molecule has 4 N–H and O–H groups in total. The molecule has 0 aromatic rings. The van der Waals surface area contributed by atoms with E-state index in [9.17, 15) is 4.79 Å². The van der Waals surface area contributed by atoms with Crippen molar-refractivity contribution < 1.29 is 4.79 Å². The van der Waals surface area contributed by atoms with Crippen molar-refractivity contribution in [2.45, 2.75) is 6.04 Å². The van der Waals surface area contributed by atoms with E-state index in [2.05, 4.69) is 5.32 Å². The fourth-order valence-electron chi connectivity index (χ4n) is 0.345. The molecule has 0 spiro atoms. The molecule has 1 unspecified atom stereocenters. The van der Waals surface area contributed by atoms with Gasteiger partial charge >= 0.3 is 0 Å². The van der Waals surface area contributed by atoms with Crippen LogP contribution < -0.4 is 16.6 Å². The zero-order valence-electron chi connectivity index (χ0n) is 3.77. The van der Waals surface area contributed by atoms with Crippen LogP contribution in [0.1, 0.15) is 0 Å². The van der Waals surface area contributed by atoms with Crippen LogP contribution in [0.2, 0.25) is 0 Å². The van der Waals surface area contributed by atoms with Gasteiger partial charge in [-0.05, 0) is 0 Å². The Kier molecular flexibility index (Phi) is 0.958. The van der Waals surface area contributed by atoms with Gasteiger partial charge in [0, 0.05) is 6.54 Å². The molecule has 1 saturated heterocycles. The van der Waals surface area contributed by atoms with E-state index in [1.165, 1.54) is 0 Å². The van der Waals surface area contributed by atoms with Gasteiger partial charge in [-0.15, -0.1) is 0 Å². The molecule has 1 rings (SSSR count). The minimum Gasteiger partial charge on any atom is -0.303 e. The molecule has 4 heteroatoms. The first kappa shape index (κ1) is 4.55. The molecule has 40 valence electrons. The van der Waals surface area contributed by atoms with Gasteiger partial charge in [-0.3, -0.25) is 10.2 Å². The highest BCUT2D eigenvalue weighted by atomic mass is 16.2. The number of hydrogen-bond acceptors (Lipinski definition) is 3. The summed E-state index contributed by atoms with van der Waals surface area (Å²) in [6.45, 7) is 0.767. The molecule has 0 radical (unpaired) electrons. The van der Waals surface area contributed by atoms with Gasteiger partial charge in [0.25, 0.3) is 5.91 Å². The first-order valence-electron chi connectivity index (χ1n) is 2.08. The van der Waals surface area contributed by atoms with E-state index in [4.69, 9.17) is 5.84 Å². The summed E-state index contributed by atoms with van der Waals surface area (Å²) in [5.74, 6) is 4.65. The first-order valence-corrected chi connectivity index (χ1v) is 2.08. The fourth-order valence-corrected chi connectivity index (χ4v) is 0.345. The molecule has 1 atom stereocenters. The molecule has 1 fully saturated rings. The molecule has 0 saturated carbocycles. The predicted octanol–water partition coefficient (Wildman–Crippen LogP) is -2.05. The Morgan fingerprint density at radius 1 is 2.00 bits per heavy atom. The maximum atomic E-state index is 10.3. The number of amides is 1. The third-order valence-electron chi connectivity index (χ3n) is 0.867. The second kappa shape index (κ2) is 1.48. The lowest BCUT2D eigenvalue weighted by Crippen LogP contribution is -2.34. The topological polar surface area (TPSA) is 77.1 Å². The van der Waals surface area contributed by atoms with Crippen LogP contribution in [-0.2, 0) is 4.79 Å². The molecule has 1 amide bonds. The number of carbonyl (C=O) groups is 1. The molecule has 1 aliphatic rings. The van der Waals surface area contributed by atoms with Crippen molar-refractivity contribution in [2.75, 3.05) is 6.54 Å². The van der Waals surface area contributed by atoms with Crippen LogP contribution in [0.3, 0.4) is 0 Å². The number of hydrazine groups is 1. The van der Waals surface area contributed by atoms with E-state index in [1.54, 1.807) is 0 Å². The van der Waals surface area contributed by atoms with Gasteiger partial charge in [-0.25, -0.2) is 5.84 Å². The number of carbonyl (C=O) groups excluding carboxylic acids is 1. The molecule has 0 aliphatic carbocycles. The van der Waals surface area contributed by atoms with Gasteiger partial charge in [-0.2, -0.15) is 0 Å². The standard InChI is InChI=1S/C3H7N3O/c4-6-3(7)2-1-5-2/h2,5H,1,4H2,(H,6,7). The number of rotatable bonds is 1. The SMILES string of the molecule is NNC(=O)C1CN1. The van der Waals surface area contributed by atoms with Gasteiger partial charge in [0.15, 0.2) is 0 Å². The normalized spacial score (nSPS) is 26.7. The van der Waals surface area contributed by atoms with Crippen molar-refractivity contribution >= 4 is 5.91 Å². The minimum absolute atomic E-state index is 0.00926. The Labute approximate surface area is 41.0 Å². The quantitative estimate of drug-likeness (QED) is 0.154. The molecule has 7 heavy (non-hydrogen) atoms. The highest BCUT2D eigenvalue weighted by Crippen LogP contribution is 1.92. The van der Waals surface area contributed by atoms with Gasteiger partial charge < -0.3 is 5.32 Å². The van der Waals surface area contributed by atoms with Crippen molar-refractivity contribution in [2.24, 2.45) is 5.84 Å². The third-order valence-corrected chi connectivity index (χ3v) is 0.867. The van der Waals surface area contributed by atoms with Gasteiger partial charge in [0.1, 0.15) is 6.04 Å². The summed E-state index contributed by atoms with van der Waals surface area (Å²) in [7, 11) is 0. The Hall–Kier alpha value is -0.610. The van der Waals surface area contributed by atoms with E-state index >= 15 is 0 Å². The van der Waals surface area contributed by atoms with Crippen molar-refractivity contribution in [1.29, 1.82) is 0 Å². The minimum atomic E-state index is -0.125. The van der Waals surface area contributed by atoms with Crippen molar-refractivity contribution in [1.82, 2.24) is 10.7 Å². The molecule has 1 heterocycles. The zero-order chi connectivity index (χ0) is 5.28. The number of nitrogens with one attached hydrogen (secondary N) is 2. The van der Waals surface area contributed by atoms with Gasteiger partial charge in [-0.1, -0.05) is 0 Å². The summed E-state index contributed by atoms with van der Waals surface area (Å²) >= 11 is 0. The summed E-state index contributed by atoms with van der Waals surface area (Å²) in [5, 5.41) is 2.79. The Balaban J connectivity index is 2.24. The monoisotopic (exact) mass is 101 g/mol. The average molecular weight is 101 g/mol. The lowest BCUT2D eigenvalue weighted by molar-refractivity contribution is -0.120. The summed E-state index contributed by atoms with van der Waals surface area (Å²) in [5.41, 5.74) is 2.03. The summed E-state index contributed by atoms with van der Waals surface area (Å²) in [6.07, 6.45) is 0. The molecular formula is C3H7N3O. The maximum Gasteiger partial charge on any atom is 0.252 e. The molecule has 0 aromatic heterocycles. The first-order chi connectivity index (χ1) is 3.34. The second-order valence-corrected chi connectivity index (χ2v) is 1.47. The van der Waals surface area contributed by atoms with E-state index in [0.717, 1.165) is 6.54 Å². The van der Waals surface area contributed by atoms with Crippen LogP contribution in [0.4, 0.5) is 0 Å². The highest BCUT2D eigenvalue weighted by molar-refractivity contribution is 5.83. The molecule has 0 aromatic carbocycles. The van der Waals surface area contributed by atoms with E-state index in [0.29, 0.717) is 0 Å². The van der Waals surface area contributed by atoms with Crippen molar-refractivity contribution in [3.63, 3.8) is 0 Å². The smallest absolute Gasteiger partial charge is 0.252 e. The molecule has 4 nitrogen and oxygen atoms in total. The van der Waals surface area contributed by atoms with Crippen LogP contribution in [-0.4, -0.2) is 18.5 Å². The van der Waals surface area contributed by atoms with E-state index in [1.807, 2.05) is 5.43 Å². The molecule has 0 bridgehead atoms. The van der Waals surface area contributed by atoms with Crippen LogP contribution >= 0.6 is 0 Å². The summed E-state index contributed by atoms with van der Waals surface area (Å²) < 4.78 is 0. The van der Waals surface area contributed by atoms with E-state index < -0.39 is 0 Å². The Morgan fingerprint density at radius 2 is 2.57 bits per heavy atom. The van der Waals surface area contributed by atoms with Crippen LogP contribution in [0.15, 0.2) is 0 Å². The van der Waals surface area contributed by atoms with Gasteiger partial charge in [0.05, 0.1) is 0 Å². The van der Waals surface area contributed by atoms with Crippen molar-refractivity contribution in [3.05, 3.63) is 0 Å². The average Bonchev–Trinajstić information content (AvgIpc) is 2.44. The van der Waals surface area contributed by atoms with Crippen LogP contribution in [0.25, 0.3) is 0 Å². The lowest BCUT2D eigenvalue weighted by atomic mass is 10.5. The predicted molar refractivity (Wildman–Crippen MR) is 24.1 cm³/mol. The van der Waals surface area contributed by atoms with Gasteiger partial charge in [0.2, 0.25) is 0 Å². The highest BCUT2D eigenvalue weighted by Gasteiger charge is 2.27. The summed E-state index contributed by atoms with van der Waals surface area (Å²) in [4.78, 5) is 10.3. The maximum absolute atomic E-state index is 10.3. The van der Waals surface area contributed by atoms with Crippen molar-refractivity contribution in [3.8, 4) is 0 Å². The second-order valence-electron chi connectivity index (χ2n) is 1.47. The molecule has 1 aliphatic heterocycles. The fraction of sp³-hybridized carbons (Fsp3) is 0.667. The Morgan fingerprint density at radius 3 is 2.71 bits per heavy atom. The van der Waals surface area contributed by atoms with Crippen LogP contribution in [0, 0.1) is 0 Å². The summed E-state index contributed by atoms with van der Waals surface area (Å²) in [6, 6.07) is -0.00926. The lowest BCUT2D eigenvalue weighted by Gasteiger charge is -1.88. The van der Waals surface area contributed by atoms with E-state index in [-0.39, 0.29) is 11.9 Å². The number of nitrogens with two attached hydrogens (primary N) is 1. The Bertz CT molecular complexity index is 88.2. The number of hydrogen-bond donors (Lipinski definition) is 3.